The lowest BCUT2D eigenvalue weighted by Crippen LogP contribution is -2.32. The van der Waals surface area contributed by atoms with E-state index in [0.29, 0.717) is 17.0 Å². The highest BCUT2D eigenvalue weighted by Gasteiger charge is 2.13. The van der Waals surface area contributed by atoms with E-state index in [1.165, 1.54) is 24.4 Å². The maximum absolute atomic E-state index is 13.7. The fourth-order valence-corrected chi connectivity index (χ4v) is 2.38. The molecule has 3 aromatic rings. The van der Waals surface area contributed by atoms with Crippen LogP contribution in [-0.2, 0) is 6.61 Å². The number of halogens is 1. The Morgan fingerprint density at radius 1 is 1.07 bits per heavy atom. The first-order valence-corrected chi connectivity index (χ1v) is 8.12. The van der Waals surface area contributed by atoms with E-state index in [-0.39, 0.29) is 12.2 Å². The maximum atomic E-state index is 13.7. The van der Waals surface area contributed by atoms with Crippen LogP contribution in [0.3, 0.4) is 0 Å². The minimum atomic E-state index is -0.639. The Labute approximate surface area is 154 Å². The number of carbonyl (C=O) groups is 1. The molecule has 27 heavy (non-hydrogen) atoms. The van der Waals surface area contributed by atoms with Crippen LogP contribution < -0.4 is 20.5 Å². The Morgan fingerprint density at radius 3 is 2.52 bits per heavy atom. The van der Waals surface area contributed by atoms with E-state index >= 15 is 0 Å². The number of nitrogens with one attached hydrogen (secondary N) is 1. The fraction of sp³-hybridized carbons (Fsp3) is 0.100. The third-order valence-electron chi connectivity index (χ3n) is 3.82. The van der Waals surface area contributed by atoms with E-state index in [1.54, 1.807) is 49.6 Å². The van der Waals surface area contributed by atoms with Gasteiger partial charge >= 0.3 is 0 Å². The topological polar surface area (TPSA) is 69.6 Å². The summed E-state index contributed by atoms with van der Waals surface area (Å²) < 4.78 is 19.6. The van der Waals surface area contributed by atoms with E-state index in [1.807, 2.05) is 0 Å². The van der Waals surface area contributed by atoms with Crippen LogP contribution in [0.25, 0.3) is 0 Å². The second-order valence-electron chi connectivity index (χ2n) is 5.60. The molecule has 1 heterocycles. The summed E-state index contributed by atoms with van der Waals surface area (Å²) in [6, 6.07) is 15.7. The Morgan fingerprint density at radius 2 is 1.81 bits per heavy atom. The molecule has 0 aliphatic carbocycles. The number of rotatable bonds is 6. The molecule has 0 aliphatic rings. The molecule has 0 fully saturated rings. The molecule has 0 saturated carbocycles. The van der Waals surface area contributed by atoms with Gasteiger partial charge in [0.1, 0.15) is 23.7 Å². The third-order valence-corrected chi connectivity index (χ3v) is 3.82. The second kappa shape index (κ2) is 8.18. The molecule has 0 unspecified atom stereocenters. The lowest BCUT2D eigenvalue weighted by Gasteiger charge is -2.11. The lowest BCUT2D eigenvalue weighted by molar-refractivity contribution is 0.0847. The largest absolute Gasteiger partial charge is 0.497 e. The molecule has 0 bridgehead atoms. The Bertz CT molecular complexity index is 999. The summed E-state index contributed by atoms with van der Waals surface area (Å²) in [6.07, 6.45) is 1.37. The van der Waals surface area contributed by atoms with Gasteiger partial charge in [0, 0.05) is 17.4 Å². The van der Waals surface area contributed by atoms with E-state index in [4.69, 9.17) is 9.57 Å². The van der Waals surface area contributed by atoms with Crippen LogP contribution in [0.4, 0.5) is 10.1 Å². The quantitative estimate of drug-likeness (QED) is 0.726. The van der Waals surface area contributed by atoms with Crippen molar-refractivity contribution in [3.63, 3.8) is 0 Å². The van der Waals surface area contributed by atoms with Gasteiger partial charge < -0.3 is 14.9 Å². The highest BCUT2D eigenvalue weighted by molar-refractivity contribution is 6.03. The second-order valence-corrected chi connectivity index (χ2v) is 5.60. The van der Waals surface area contributed by atoms with Crippen LogP contribution in [0, 0.1) is 5.82 Å². The first kappa shape index (κ1) is 18.2. The maximum Gasteiger partial charge on any atom is 0.295 e. The molecule has 0 radical (unpaired) electrons. The molecule has 1 amide bonds. The summed E-state index contributed by atoms with van der Waals surface area (Å²) in [7, 11) is 1.54. The van der Waals surface area contributed by atoms with Gasteiger partial charge in [-0.1, -0.05) is 18.2 Å². The van der Waals surface area contributed by atoms with Crippen molar-refractivity contribution in [2.75, 3.05) is 12.4 Å². The zero-order valence-electron chi connectivity index (χ0n) is 14.5. The highest BCUT2D eigenvalue weighted by atomic mass is 19.1. The molecule has 2 aromatic carbocycles. The number of anilines is 1. The number of hydrogen-bond donors (Lipinski definition) is 1. The van der Waals surface area contributed by atoms with Crippen molar-refractivity contribution >= 4 is 11.6 Å². The number of aromatic nitrogens is 1. The van der Waals surface area contributed by atoms with Gasteiger partial charge in [-0.05, 0) is 42.5 Å². The Balaban J connectivity index is 1.74. The van der Waals surface area contributed by atoms with Crippen molar-refractivity contribution in [3.05, 3.63) is 94.2 Å². The average molecular weight is 368 g/mol. The summed E-state index contributed by atoms with van der Waals surface area (Å²) in [5.41, 5.74) is 0.0852. The number of benzene rings is 2. The molecule has 0 aliphatic heterocycles. The predicted molar refractivity (Wildman–Crippen MR) is 98.3 cm³/mol. The zero-order chi connectivity index (χ0) is 19.2. The van der Waals surface area contributed by atoms with Gasteiger partial charge in [0.25, 0.3) is 11.5 Å². The van der Waals surface area contributed by atoms with Crippen molar-refractivity contribution in [1.29, 1.82) is 0 Å². The number of carbonyl (C=O) groups excluding carboxylic acids is 1. The van der Waals surface area contributed by atoms with Crippen molar-refractivity contribution < 1.29 is 18.8 Å². The molecule has 1 N–H and O–H groups in total. The molecular weight excluding hydrogens is 351 g/mol. The summed E-state index contributed by atoms with van der Waals surface area (Å²) in [5.74, 6) is -0.357. The first-order valence-electron chi connectivity index (χ1n) is 8.12. The SMILES string of the molecule is COc1ccc(NC(=O)c2cccn(OCc3ccccc3F)c2=O)cc1. The van der Waals surface area contributed by atoms with Crippen LogP contribution in [0.1, 0.15) is 15.9 Å². The van der Waals surface area contributed by atoms with Crippen molar-refractivity contribution in [2.24, 2.45) is 0 Å². The van der Waals surface area contributed by atoms with Crippen LogP contribution in [-0.4, -0.2) is 17.7 Å². The molecule has 7 heteroatoms. The smallest absolute Gasteiger partial charge is 0.295 e. The first-order chi connectivity index (χ1) is 13.1. The number of amides is 1. The van der Waals surface area contributed by atoms with Crippen LogP contribution >= 0.6 is 0 Å². The standard InChI is InChI=1S/C20H17FN2O4/c1-26-16-10-8-15(9-11-16)22-19(24)17-6-4-12-23(20(17)25)27-13-14-5-2-3-7-18(14)21/h2-12H,13H2,1H3,(H,22,24). The Hall–Kier alpha value is -3.61. The molecular formula is C20H17FN2O4. The van der Waals surface area contributed by atoms with E-state index in [2.05, 4.69) is 5.32 Å². The molecule has 0 atom stereocenters. The number of methoxy groups -OCH3 is 1. The van der Waals surface area contributed by atoms with Gasteiger partial charge in [-0.25, -0.2) is 4.39 Å². The summed E-state index contributed by atoms with van der Waals surface area (Å²) >= 11 is 0. The van der Waals surface area contributed by atoms with Gasteiger partial charge in [-0.3, -0.25) is 9.59 Å². The summed E-state index contributed by atoms with van der Waals surface area (Å²) in [5, 5.41) is 2.64. The van der Waals surface area contributed by atoms with Crippen molar-refractivity contribution in [3.8, 4) is 5.75 Å². The van der Waals surface area contributed by atoms with Crippen LogP contribution in [0.15, 0.2) is 71.7 Å². The minimum Gasteiger partial charge on any atom is -0.497 e. The highest BCUT2D eigenvalue weighted by Crippen LogP contribution is 2.15. The molecule has 0 saturated heterocycles. The zero-order valence-corrected chi connectivity index (χ0v) is 14.5. The number of nitrogens with zero attached hydrogens (tertiary/aromatic N) is 1. The minimum absolute atomic E-state index is 0.0955. The van der Waals surface area contributed by atoms with Gasteiger partial charge in [0.05, 0.1) is 7.11 Å². The predicted octanol–water partition coefficient (Wildman–Crippen LogP) is 2.88. The fourth-order valence-electron chi connectivity index (χ4n) is 2.38. The van der Waals surface area contributed by atoms with Crippen molar-refractivity contribution in [1.82, 2.24) is 4.73 Å². The number of hydrogen-bond acceptors (Lipinski definition) is 4. The Kier molecular flexibility index (Phi) is 5.51. The average Bonchev–Trinajstić information content (AvgIpc) is 2.69. The molecule has 0 spiro atoms. The van der Waals surface area contributed by atoms with Gasteiger partial charge in [-0.2, -0.15) is 4.73 Å². The monoisotopic (exact) mass is 368 g/mol. The normalized spacial score (nSPS) is 10.3. The summed E-state index contributed by atoms with van der Waals surface area (Å²) in [4.78, 5) is 30.2. The van der Waals surface area contributed by atoms with E-state index < -0.39 is 17.3 Å². The molecule has 138 valence electrons. The third kappa shape index (κ3) is 4.33. The number of pyridine rings is 1. The molecule has 1 aromatic heterocycles. The number of ether oxygens (including phenoxy) is 1. The van der Waals surface area contributed by atoms with E-state index in [9.17, 15) is 14.0 Å². The van der Waals surface area contributed by atoms with E-state index in [0.717, 1.165) is 4.73 Å². The molecule has 3 rings (SSSR count). The molecule has 6 nitrogen and oxygen atoms in total. The lowest BCUT2D eigenvalue weighted by atomic mass is 10.2. The summed E-state index contributed by atoms with van der Waals surface area (Å²) in [6.45, 7) is -0.143. The van der Waals surface area contributed by atoms with Gasteiger partial charge in [0.2, 0.25) is 0 Å². The van der Waals surface area contributed by atoms with Crippen LogP contribution in [0.2, 0.25) is 0 Å². The van der Waals surface area contributed by atoms with Gasteiger partial charge in [0.15, 0.2) is 0 Å². The van der Waals surface area contributed by atoms with Crippen molar-refractivity contribution in [2.45, 2.75) is 6.61 Å². The van der Waals surface area contributed by atoms with Gasteiger partial charge in [-0.15, -0.1) is 0 Å². The van der Waals surface area contributed by atoms with Crippen LogP contribution in [0.5, 0.6) is 5.75 Å².